The van der Waals surface area contributed by atoms with Crippen molar-refractivity contribution in [3.8, 4) is 6.07 Å². The van der Waals surface area contributed by atoms with Gasteiger partial charge in [0.25, 0.3) is 17.1 Å². The molecule has 30 heteroatoms. The number of rotatable bonds is 22. The number of primary amides is 1. The molecule has 2 radical (unpaired) electrons. The number of nitrogens with one attached hydrogen (secondary N) is 3. The third kappa shape index (κ3) is 30.5. The molecule has 0 saturated heterocycles. The number of nitrogens with two attached hydrogens (primary N) is 2. The van der Waals surface area contributed by atoms with Gasteiger partial charge in [0.2, 0.25) is 11.8 Å². The highest BCUT2D eigenvalue weighted by Crippen LogP contribution is 2.21. The number of nitriles is 1. The van der Waals surface area contributed by atoms with Gasteiger partial charge in [0.05, 0.1) is 86.1 Å². The molecule has 450 valence electrons. The maximum Gasteiger partial charge on any atom is 0.408 e. The molecule has 4 aromatic carbocycles. The number of aliphatic hydroxyl groups is 2. The number of non-ortho nitro benzene ring substituents is 3. The molecule has 3 amide bonds. The molecular formula is C53H73B2N9O19. The molecule has 0 aliphatic rings. The predicted octanol–water partition coefficient (Wildman–Crippen LogP) is 4.34. The number of ether oxygens (including phenoxy) is 3. The number of benzene rings is 4. The van der Waals surface area contributed by atoms with Gasteiger partial charge in [-0.25, -0.2) is 14.4 Å². The van der Waals surface area contributed by atoms with Crippen LogP contribution < -0.4 is 27.3 Å². The summed E-state index contributed by atoms with van der Waals surface area (Å²) < 4.78 is 14.2. The molecule has 28 nitrogen and oxygen atoms in total. The zero-order chi connectivity index (χ0) is 64.0. The summed E-state index contributed by atoms with van der Waals surface area (Å²) in [6, 6.07) is 19.8. The van der Waals surface area contributed by atoms with Crippen molar-refractivity contribution in [2.24, 2.45) is 11.5 Å². The maximum atomic E-state index is 12.2. The third-order valence-corrected chi connectivity index (χ3v) is 10.6. The van der Waals surface area contributed by atoms with E-state index < -0.39 is 69.4 Å². The number of nitro groups is 3. The number of carbonyl (C=O) groups is 6. The summed E-state index contributed by atoms with van der Waals surface area (Å²) in [7, 11) is 6.21. The Bertz CT molecular complexity index is 2810. The van der Waals surface area contributed by atoms with Gasteiger partial charge in [0.15, 0.2) is 0 Å². The minimum atomic E-state index is -0.927. The quantitative estimate of drug-likeness (QED) is 0.0174. The fourth-order valence-electron chi connectivity index (χ4n) is 6.68. The summed E-state index contributed by atoms with van der Waals surface area (Å²) in [6.45, 7) is 11.9. The highest BCUT2D eigenvalue weighted by molar-refractivity contribution is 6.46. The number of alkyl carbamates (subject to hydrolysis) is 1. The number of carboxylic acids is 1. The fraction of sp³-hybridized carbons (Fsp3) is 0.415. The average molecular weight is 1160 g/mol. The average Bonchev–Trinajstić information content (AvgIpc) is 3.58. The summed E-state index contributed by atoms with van der Waals surface area (Å²) in [5, 5.41) is 83.6. The van der Waals surface area contributed by atoms with Crippen molar-refractivity contribution in [1.29, 1.82) is 5.26 Å². The molecule has 4 aromatic rings. The number of aliphatic hydroxyl groups excluding tert-OH is 2. The number of carboxylic acid groups (broad SMARTS) is 1. The van der Waals surface area contributed by atoms with Crippen LogP contribution in [-0.4, -0.2) is 131 Å². The zero-order valence-corrected chi connectivity index (χ0v) is 47.7. The van der Waals surface area contributed by atoms with Crippen LogP contribution in [0.15, 0.2) is 78.9 Å². The molecule has 0 aliphatic heterocycles. The maximum absolute atomic E-state index is 12.2. The van der Waals surface area contributed by atoms with Crippen molar-refractivity contribution in [2.45, 2.75) is 118 Å². The van der Waals surface area contributed by atoms with E-state index in [2.05, 4.69) is 33.2 Å². The second kappa shape index (κ2) is 41.2. The van der Waals surface area contributed by atoms with Crippen molar-refractivity contribution < 1.29 is 78.1 Å². The topological polar surface area (TPSA) is 452 Å². The van der Waals surface area contributed by atoms with Crippen LogP contribution in [-0.2, 0) is 67.5 Å². The van der Waals surface area contributed by atoms with Crippen molar-refractivity contribution in [2.75, 3.05) is 27.3 Å². The van der Waals surface area contributed by atoms with Crippen LogP contribution in [0.1, 0.15) is 102 Å². The highest BCUT2D eigenvalue weighted by atomic mass is 16.6. The molecule has 0 saturated carbocycles. The van der Waals surface area contributed by atoms with Crippen LogP contribution in [0.25, 0.3) is 0 Å². The second-order valence-corrected chi connectivity index (χ2v) is 17.8. The number of amides is 3. The number of nitrogens with zero attached hydrogens (tertiary/aromatic N) is 4. The Morgan fingerprint density at radius 2 is 1.18 bits per heavy atom. The third-order valence-electron chi connectivity index (χ3n) is 10.6. The normalized spacial score (nSPS) is 10.7. The first-order valence-electron chi connectivity index (χ1n) is 25.2. The Labute approximate surface area is 481 Å². The van der Waals surface area contributed by atoms with Gasteiger partial charge in [-0.3, -0.25) is 44.7 Å². The van der Waals surface area contributed by atoms with Crippen molar-refractivity contribution in [3.05, 3.63) is 154 Å². The Kier molecular flexibility index (Phi) is 37.8. The van der Waals surface area contributed by atoms with Crippen molar-refractivity contribution in [3.63, 3.8) is 0 Å². The smallest absolute Gasteiger partial charge is 0.408 e. The van der Waals surface area contributed by atoms with Gasteiger partial charge in [-0.2, -0.15) is 5.26 Å². The molecule has 0 bridgehead atoms. The van der Waals surface area contributed by atoms with Crippen LogP contribution in [0.5, 0.6) is 0 Å². The first-order valence-corrected chi connectivity index (χ1v) is 25.2. The Balaban J connectivity index is 0. The van der Waals surface area contributed by atoms with Gasteiger partial charge >= 0.3 is 31.1 Å². The van der Waals surface area contributed by atoms with Gasteiger partial charge in [0, 0.05) is 42.9 Å². The standard InChI is InChI=1S/C18H27N3O6.C10H10N2O5.C10H9NO2.C9H12N2O3.C5H12BNO3.CH3B/c1-5-15(20-17(24)27-18(2,3)4)16(23)19-9-8-12-6-7-14(21(25)26)10-13(12)11-22;1-17-10(14)8-5-7(12(15)16)3-2-6(8)4-9(11)13;1-13-10(12)9-5-3-2-4-8(9)6-7-11;10-4-3-7-1-2-9(11(13)14)5-8(7)6-12;1-3-4(5(8)9)7-6(2)10;1-2/h6-7,10,15,22H,5,8-9,11H2,1-4H3,(H,19,23)(H,20,24);2-3,5H,4H2,1H3,(H2,11,13);2-5H,6H2,1H3;1-2,5,12H,3-4,6,10H2;4,7,10H,3H2,1-2H3,(H,8,9);1H3/t15-;;;;4-;/m0...0./s1. The lowest BCUT2D eigenvalue weighted by Crippen LogP contribution is -2.48. The number of methoxy groups -OCH3 is 2. The van der Waals surface area contributed by atoms with Gasteiger partial charge in [0.1, 0.15) is 11.6 Å². The number of nitro benzene ring substituents is 3. The van der Waals surface area contributed by atoms with Crippen LogP contribution in [0.4, 0.5) is 21.9 Å². The van der Waals surface area contributed by atoms with Gasteiger partial charge in [-0.15, -0.1) is 0 Å². The Morgan fingerprint density at radius 1 is 0.723 bits per heavy atom. The molecule has 11 N–H and O–H groups in total. The van der Waals surface area contributed by atoms with E-state index in [0.29, 0.717) is 65.6 Å². The summed E-state index contributed by atoms with van der Waals surface area (Å²) in [6.07, 6.45) is 1.26. The van der Waals surface area contributed by atoms with Gasteiger partial charge in [-0.1, -0.05) is 57.1 Å². The fourth-order valence-corrected chi connectivity index (χ4v) is 6.68. The van der Waals surface area contributed by atoms with E-state index in [9.17, 15) is 64.2 Å². The van der Waals surface area contributed by atoms with E-state index in [0.717, 1.165) is 18.7 Å². The number of aliphatic carboxylic acids is 1. The number of esters is 2. The summed E-state index contributed by atoms with van der Waals surface area (Å²) >= 11 is 0. The van der Waals surface area contributed by atoms with Crippen molar-refractivity contribution >= 4 is 67.8 Å². The second-order valence-electron chi connectivity index (χ2n) is 17.8. The molecule has 0 fully saturated rings. The molecular weight excluding hydrogens is 1090 g/mol. The highest BCUT2D eigenvalue weighted by Gasteiger charge is 2.24. The summed E-state index contributed by atoms with van der Waals surface area (Å²) in [5.74, 6) is -3.06. The van der Waals surface area contributed by atoms with E-state index in [-0.39, 0.29) is 61.1 Å². The SMILES string of the molecule is CC[C@H](NB(C)O)C(=O)O.CC[C@H](NC(=O)OC(C)(C)C)C(=O)NCCc1ccc([N+](=O)[O-])cc1CO.COC(=O)c1cc([N+](=O)[O-])ccc1CC(N)=O.COC(=O)c1ccccc1CC#N.NCCc1ccc([N+](=O)[O-])cc1CO.[B]C. The lowest BCUT2D eigenvalue weighted by Gasteiger charge is -2.22. The molecule has 0 spiro atoms. The minimum absolute atomic E-state index is 0.00479. The molecule has 0 heterocycles. The van der Waals surface area contributed by atoms with Crippen LogP contribution in [0, 0.1) is 41.7 Å². The summed E-state index contributed by atoms with van der Waals surface area (Å²) in [4.78, 5) is 97.8. The summed E-state index contributed by atoms with van der Waals surface area (Å²) in [5.41, 5.74) is 13.4. The van der Waals surface area contributed by atoms with E-state index in [1.54, 1.807) is 71.0 Å². The lowest BCUT2D eigenvalue weighted by atomic mass is 9.87. The van der Waals surface area contributed by atoms with Gasteiger partial charge in [-0.05, 0) is 99.3 Å². The minimum Gasteiger partial charge on any atom is -0.480 e. The molecule has 4 rings (SSSR count). The van der Waals surface area contributed by atoms with E-state index in [1.165, 1.54) is 57.2 Å². The number of carbonyl (C=O) groups excluding carboxylic acids is 5. The first-order chi connectivity index (χ1) is 39.1. The Hall–Kier alpha value is -8.88. The Morgan fingerprint density at radius 3 is 1.57 bits per heavy atom. The lowest BCUT2D eigenvalue weighted by molar-refractivity contribution is -0.385. The van der Waals surface area contributed by atoms with Crippen molar-refractivity contribution in [1.82, 2.24) is 15.9 Å². The largest absolute Gasteiger partial charge is 0.480 e. The van der Waals surface area contributed by atoms with Gasteiger partial charge < -0.3 is 61.9 Å². The molecule has 83 heavy (non-hydrogen) atoms. The first kappa shape index (κ1) is 76.2. The number of hydrogen-bond donors (Lipinski definition) is 9. The predicted molar refractivity (Wildman–Crippen MR) is 306 cm³/mol. The molecule has 2 atom stereocenters. The molecule has 0 aromatic heterocycles. The monoisotopic (exact) mass is 1160 g/mol. The van der Waals surface area contributed by atoms with Crippen LogP contribution in [0.2, 0.25) is 13.6 Å². The van der Waals surface area contributed by atoms with Crippen LogP contribution in [0.3, 0.4) is 0 Å². The molecule has 0 unspecified atom stereocenters. The van der Waals surface area contributed by atoms with E-state index >= 15 is 0 Å². The zero-order valence-electron chi connectivity index (χ0n) is 47.7. The van der Waals surface area contributed by atoms with E-state index in [4.69, 9.17) is 36.7 Å². The van der Waals surface area contributed by atoms with Crippen LogP contribution >= 0.6 is 0 Å². The molecule has 0 aliphatic carbocycles. The van der Waals surface area contributed by atoms with E-state index in [1.807, 2.05) is 6.07 Å². The number of hydrogen-bond acceptors (Lipinski definition) is 21.